The van der Waals surface area contributed by atoms with Gasteiger partial charge in [-0.1, -0.05) is 52.7 Å². The average Bonchev–Trinajstić information content (AvgIpc) is 3.43. The number of thioether (sulfide) groups is 1. The molecule has 0 fully saturated rings. The summed E-state index contributed by atoms with van der Waals surface area (Å²) in [7, 11) is 0. The number of benzene rings is 2. The maximum atomic E-state index is 12.9. The second-order valence-corrected chi connectivity index (χ2v) is 8.42. The number of nitrogen functional groups attached to an aromatic ring is 1. The van der Waals surface area contributed by atoms with E-state index in [2.05, 4.69) is 31.2 Å². The molecule has 4 rings (SSSR count). The summed E-state index contributed by atoms with van der Waals surface area (Å²) in [6, 6.07) is 15.9. The Labute approximate surface area is 194 Å². The Hall–Kier alpha value is -3.99. The largest absolute Gasteiger partial charge is 0.378 e. The van der Waals surface area contributed by atoms with Gasteiger partial charge in [-0.2, -0.15) is 9.78 Å². The highest BCUT2D eigenvalue weighted by Gasteiger charge is 2.24. The number of anilines is 1. The molecule has 0 radical (unpaired) electrons. The Balaban J connectivity index is 1.59. The van der Waals surface area contributed by atoms with Crippen LogP contribution >= 0.6 is 11.8 Å². The molecular weight excluding hydrogens is 440 g/mol. The molecule has 10 nitrogen and oxygen atoms in total. The number of hydrogen-bond acceptors (Lipinski definition) is 9. The van der Waals surface area contributed by atoms with Gasteiger partial charge in [0.2, 0.25) is 11.6 Å². The molecule has 0 aliphatic heterocycles. The SMILES string of the molecule is C/C(=N\NC(=O)c1nnn(-c2nonc2N)c1CSc1ccc(C)cc1)c1ccc(C)cc1. The first-order valence-electron chi connectivity index (χ1n) is 10.1. The van der Waals surface area contributed by atoms with Gasteiger partial charge in [0, 0.05) is 10.6 Å². The Morgan fingerprint density at radius 3 is 2.39 bits per heavy atom. The summed E-state index contributed by atoms with van der Waals surface area (Å²) in [4.78, 5) is 14.0. The lowest BCUT2D eigenvalue weighted by Gasteiger charge is -2.07. The molecule has 0 aliphatic rings. The molecular formula is C22H22N8O2S. The summed E-state index contributed by atoms with van der Waals surface area (Å²) >= 11 is 1.52. The van der Waals surface area contributed by atoms with Crippen LogP contribution in [0.25, 0.3) is 5.82 Å². The molecule has 1 amide bonds. The highest BCUT2D eigenvalue weighted by Crippen LogP contribution is 2.26. The number of aryl methyl sites for hydroxylation is 2. The lowest BCUT2D eigenvalue weighted by molar-refractivity contribution is 0.0949. The molecule has 0 bridgehead atoms. The minimum absolute atomic E-state index is 0.0432. The van der Waals surface area contributed by atoms with E-state index < -0.39 is 5.91 Å². The molecule has 0 aliphatic carbocycles. The summed E-state index contributed by atoms with van der Waals surface area (Å²) in [5, 5.41) is 19.7. The predicted molar refractivity (Wildman–Crippen MR) is 125 cm³/mol. The molecule has 0 atom stereocenters. The fraction of sp³-hybridized carbons (Fsp3) is 0.182. The van der Waals surface area contributed by atoms with Crippen molar-refractivity contribution in [1.29, 1.82) is 0 Å². The van der Waals surface area contributed by atoms with Crippen LogP contribution < -0.4 is 11.2 Å². The number of amides is 1. The third-order valence-electron chi connectivity index (χ3n) is 4.87. The Morgan fingerprint density at radius 1 is 1.09 bits per heavy atom. The van der Waals surface area contributed by atoms with Gasteiger partial charge in [0.1, 0.15) is 0 Å². The quantitative estimate of drug-likeness (QED) is 0.242. The number of rotatable bonds is 7. The van der Waals surface area contributed by atoms with Crippen LogP contribution in [0.15, 0.2) is 63.2 Å². The summed E-state index contributed by atoms with van der Waals surface area (Å²) in [5.41, 5.74) is 12.9. The van der Waals surface area contributed by atoms with Crippen molar-refractivity contribution in [2.75, 3.05) is 5.73 Å². The molecule has 3 N–H and O–H groups in total. The van der Waals surface area contributed by atoms with E-state index in [0.29, 0.717) is 17.2 Å². The standard InChI is InChI=1S/C22H22N8O2S/c1-13-4-8-16(9-5-13)15(3)24-26-22(31)19-18(12-33-17-10-6-14(2)7-11-17)30(29-25-19)21-20(23)27-32-28-21/h4-11H,12H2,1-3H3,(H2,23,27)(H,26,31)/b24-15+. The van der Waals surface area contributed by atoms with Crippen LogP contribution in [-0.4, -0.2) is 36.9 Å². The van der Waals surface area contributed by atoms with E-state index >= 15 is 0 Å². The van der Waals surface area contributed by atoms with Crippen LogP contribution in [0.2, 0.25) is 0 Å². The number of nitrogens with zero attached hydrogens (tertiary/aromatic N) is 6. The van der Waals surface area contributed by atoms with Gasteiger partial charge in [0.05, 0.1) is 11.4 Å². The third-order valence-corrected chi connectivity index (χ3v) is 5.89. The Bertz CT molecular complexity index is 1290. The number of aromatic nitrogens is 5. The molecule has 168 valence electrons. The lowest BCUT2D eigenvalue weighted by atomic mass is 10.1. The maximum Gasteiger partial charge on any atom is 0.293 e. The van der Waals surface area contributed by atoms with Gasteiger partial charge < -0.3 is 5.73 Å². The van der Waals surface area contributed by atoms with Crippen molar-refractivity contribution in [2.45, 2.75) is 31.4 Å². The molecule has 0 unspecified atom stereocenters. The first kappa shape index (κ1) is 22.2. The number of hydrogen-bond donors (Lipinski definition) is 2. The normalized spacial score (nSPS) is 11.5. The molecule has 33 heavy (non-hydrogen) atoms. The van der Waals surface area contributed by atoms with Gasteiger partial charge >= 0.3 is 0 Å². The van der Waals surface area contributed by atoms with Crippen LogP contribution in [0.1, 0.15) is 39.8 Å². The van der Waals surface area contributed by atoms with Crippen molar-refractivity contribution in [2.24, 2.45) is 5.10 Å². The zero-order chi connectivity index (χ0) is 23.4. The van der Waals surface area contributed by atoms with E-state index in [1.54, 1.807) is 0 Å². The third kappa shape index (κ3) is 5.09. The van der Waals surface area contributed by atoms with Crippen molar-refractivity contribution < 1.29 is 9.42 Å². The molecule has 0 spiro atoms. The molecule has 4 aromatic rings. The number of nitrogens with two attached hydrogens (primary N) is 1. The lowest BCUT2D eigenvalue weighted by Crippen LogP contribution is -2.21. The van der Waals surface area contributed by atoms with Gasteiger partial charge in [-0.3, -0.25) is 4.79 Å². The minimum Gasteiger partial charge on any atom is -0.378 e. The van der Waals surface area contributed by atoms with Crippen LogP contribution in [0.5, 0.6) is 0 Å². The van der Waals surface area contributed by atoms with E-state index in [-0.39, 0.29) is 17.3 Å². The number of hydrazone groups is 1. The van der Waals surface area contributed by atoms with Gasteiger partial charge in [-0.15, -0.1) is 16.9 Å². The van der Waals surface area contributed by atoms with E-state index in [1.807, 2.05) is 69.3 Å². The first-order valence-corrected chi connectivity index (χ1v) is 11.0. The van der Waals surface area contributed by atoms with Crippen molar-refractivity contribution in [1.82, 2.24) is 30.7 Å². The smallest absolute Gasteiger partial charge is 0.293 e. The summed E-state index contributed by atoms with van der Waals surface area (Å²) in [6.45, 7) is 5.85. The van der Waals surface area contributed by atoms with E-state index in [1.165, 1.54) is 16.4 Å². The molecule has 0 saturated carbocycles. The van der Waals surface area contributed by atoms with E-state index in [4.69, 9.17) is 10.4 Å². The summed E-state index contributed by atoms with van der Waals surface area (Å²) < 4.78 is 6.05. The zero-order valence-electron chi connectivity index (χ0n) is 18.3. The fourth-order valence-corrected chi connectivity index (χ4v) is 3.84. The zero-order valence-corrected chi connectivity index (χ0v) is 19.1. The van der Waals surface area contributed by atoms with Crippen LogP contribution in [0.3, 0.4) is 0 Å². The molecule has 0 saturated heterocycles. The van der Waals surface area contributed by atoms with Crippen LogP contribution in [0.4, 0.5) is 5.82 Å². The fourth-order valence-electron chi connectivity index (χ4n) is 2.95. The maximum absolute atomic E-state index is 12.9. The average molecular weight is 463 g/mol. The van der Waals surface area contributed by atoms with Gasteiger partial charge in [-0.05, 0) is 48.8 Å². The van der Waals surface area contributed by atoms with E-state index in [0.717, 1.165) is 21.6 Å². The number of nitrogens with one attached hydrogen (secondary N) is 1. The monoisotopic (exact) mass is 462 g/mol. The predicted octanol–water partition coefficient (Wildman–Crippen LogP) is 3.30. The van der Waals surface area contributed by atoms with Crippen LogP contribution in [0, 0.1) is 13.8 Å². The van der Waals surface area contributed by atoms with Crippen molar-refractivity contribution >= 4 is 29.2 Å². The van der Waals surface area contributed by atoms with Gasteiger partial charge in [0.25, 0.3) is 5.91 Å². The Morgan fingerprint density at radius 2 is 1.76 bits per heavy atom. The van der Waals surface area contributed by atoms with Crippen LogP contribution in [-0.2, 0) is 5.75 Å². The van der Waals surface area contributed by atoms with Gasteiger partial charge in [-0.25, -0.2) is 10.1 Å². The molecule has 11 heteroatoms. The van der Waals surface area contributed by atoms with Crippen molar-refractivity contribution in [3.05, 3.63) is 76.6 Å². The van der Waals surface area contributed by atoms with Crippen molar-refractivity contribution in [3.8, 4) is 5.82 Å². The molecule has 2 aromatic carbocycles. The van der Waals surface area contributed by atoms with E-state index in [9.17, 15) is 4.79 Å². The summed E-state index contributed by atoms with van der Waals surface area (Å²) in [6.07, 6.45) is 0. The highest BCUT2D eigenvalue weighted by molar-refractivity contribution is 7.98. The Kier molecular flexibility index (Phi) is 6.50. The topological polar surface area (TPSA) is 137 Å². The number of carbonyl (C=O) groups excluding carboxylic acids is 1. The second kappa shape index (κ2) is 9.65. The van der Waals surface area contributed by atoms with Crippen molar-refractivity contribution in [3.63, 3.8) is 0 Å². The number of carbonyl (C=O) groups is 1. The first-order chi connectivity index (χ1) is 15.9. The second-order valence-electron chi connectivity index (χ2n) is 7.38. The molecule has 2 aromatic heterocycles. The highest BCUT2D eigenvalue weighted by atomic mass is 32.2. The summed E-state index contributed by atoms with van der Waals surface area (Å²) in [5.74, 6) is 0.0931. The molecule has 2 heterocycles. The minimum atomic E-state index is -0.498. The van der Waals surface area contributed by atoms with Gasteiger partial charge in [0.15, 0.2) is 5.69 Å².